The predicted octanol–water partition coefficient (Wildman–Crippen LogP) is 3.56. The smallest absolute Gasteiger partial charge is 0.318 e. The molecule has 3 atom stereocenters. The summed E-state index contributed by atoms with van der Waals surface area (Å²) in [5, 5.41) is 2.45. The molecule has 44 heavy (non-hydrogen) atoms. The van der Waals surface area contributed by atoms with Gasteiger partial charge in [0.1, 0.15) is 11.9 Å². The highest BCUT2D eigenvalue weighted by molar-refractivity contribution is 5.94. The Morgan fingerprint density at radius 3 is 2.82 bits per heavy atom. The SMILES string of the molecule is [C-]#[N+]C[C@H]1CN(c2nc(OCCCN3C[C@@H]4C[C@H]3CO4)nc3c2CCN(c2cccc4ccccc24)C3)CCN1C(=O)C=C. The van der Waals surface area contributed by atoms with Gasteiger partial charge in [-0.05, 0) is 36.8 Å². The van der Waals surface area contributed by atoms with E-state index < -0.39 is 0 Å². The van der Waals surface area contributed by atoms with Gasteiger partial charge in [-0.3, -0.25) is 9.69 Å². The number of carbonyl (C=O) groups is 1. The van der Waals surface area contributed by atoms with Crippen molar-refractivity contribution >= 4 is 28.2 Å². The van der Waals surface area contributed by atoms with Gasteiger partial charge in [0.25, 0.3) is 0 Å². The number of anilines is 2. The second-order valence-electron chi connectivity index (χ2n) is 12.1. The molecule has 0 saturated carbocycles. The van der Waals surface area contributed by atoms with Crippen LogP contribution < -0.4 is 14.5 Å². The molecule has 0 N–H and O–H groups in total. The van der Waals surface area contributed by atoms with Gasteiger partial charge in [0.2, 0.25) is 12.5 Å². The summed E-state index contributed by atoms with van der Waals surface area (Å²) in [6.45, 7) is 18.0. The fraction of sp³-hybridized carbons (Fsp3) is 0.471. The zero-order valence-corrected chi connectivity index (χ0v) is 25.1. The Hall–Kier alpha value is -4.20. The highest BCUT2D eigenvalue weighted by Gasteiger charge is 2.38. The van der Waals surface area contributed by atoms with Crippen molar-refractivity contribution < 1.29 is 14.3 Å². The summed E-state index contributed by atoms with van der Waals surface area (Å²) in [5.41, 5.74) is 3.31. The Bertz CT molecular complexity index is 1580. The van der Waals surface area contributed by atoms with E-state index in [2.05, 4.69) is 68.6 Å². The van der Waals surface area contributed by atoms with Crippen LogP contribution >= 0.6 is 0 Å². The minimum absolute atomic E-state index is 0.129. The molecule has 0 spiro atoms. The van der Waals surface area contributed by atoms with Crippen molar-refractivity contribution in [1.29, 1.82) is 0 Å². The van der Waals surface area contributed by atoms with E-state index in [4.69, 9.17) is 26.0 Å². The Labute approximate surface area is 258 Å². The first-order valence-corrected chi connectivity index (χ1v) is 15.7. The fourth-order valence-electron chi connectivity index (χ4n) is 7.31. The summed E-state index contributed by atoms with van der Waals surface area (Å²) in [6.07, 6.45) is 4.58. The van der Waals surface area contributed by atoms with E-state index in [0.717, 1.165) is 62.6 Å². The molecule has 7 rings (SSSR count). The summed E-state index contributed by atoms with van der Waals surface area (Å²) >= 11 is 0. The number of nitrogens with zero attached hydrogens (tertiary/aromatic N) is 7. The molecule has 10 heteroatoms. The zero-order chi connectivity index (χ0) is 30.0. The lowest BCUT2D eigenvalue weighted by Gasteiger charge is -2.41. The maximum absolute atomic E-state index is 12.6. The molecule has 4 aliphatic heterocycles. The third-order valence-corrected chi connectivity index (χ3v) is 9.51. The minimum atomic E-state index is -0.225. The van der Waals surface area contributed by atoms with Crippen LogP contribution in [0.15, 0.2) is 55.1 Å². The zero-order valence-electron chi connectivity index (χ0n) is 25.1. The Morgan fingerprint density at radius 2 is 2.00 bits per heavy atom. The Balaban J connectivity index is 1.14. The molecule has 1 amide bonds. The number of morpholine rings is 1. The first kappa shape index (κ1) is 28.6. The summed E-state index contributed by atoms with van der Waals surface area (Å²) in [6, 6.07) is 15.7. The molecule has 3 aromatic rings. The first-order chi connectivity index (χ1) is 21.6. The number of rotatable bonds is 9. The van der Waals surface area contributed by atoms with Crippen molar-refractivity contribution in [2.75, 3.05) is 68.8 Å². The molecule has 5 heterocycles. The van der Waals surface area contributed by atoms with Crippen LogP contribution in [0.25, 0.3) is 15.6 Å². The van der Waals surface area contributed by atoms with Gasteiger partial charge in [0.05, 0.1) is 31.6 Å². The lowest BCUT2D eigenvalue weighted by atomic mass is 10.0. The van der Waals surface area contributed by atoms with Crippen molar-refractivity contribution in [3.05, 3.63) is 77.8 Å². The quantitative estimate of drug-likeness (QED) is 0.212. The number of amides is 1. The third kappa shape index (κ3) is 5.58. The number of aromatic nitrogens is 2. The summed E-state index contributed by atoms with van der Waals surface area (Å²) < 4.78 is 12.0. The van der Waals surface area contributed by atoms with E-state index in [9.17, 15) is 4.79 Å². The van der Waals surface area contributed by atoms with Gasteiger partial charge < -0.3 is 29.0 Å². The van der Waals surface area contributed by atoms with Crippen molar-refractivity contribution in [3.8, 4) is 6.01 Å². The average molecular weight is 594 g/mol. The number of carbonyl (C=O) groups excluding carboxylic acids is 1. The maximum atomic E-state index is 12.6. The minimum Gasteiger partial charge on any atom is -0.463 e. The van der Waals surface area contributed by atoms with Crippen LogP contribution in [0.5, 0.6) is 6.01 Å². The molecule has 2 aromatic carbocycles. The van der Waals surface area contributed by atoms with Gasteiger partial charge >= 0.3 is 6.01 Å². The molecule has 0 unspecified atom stereocenters. The summed E-state index contributed by atoms with van der Waals surface area (Å²) in [7, 11) is 0. The number of benzene rings is 2. The molecule has 0 radical (unpaired) electrons. The molecule has 0 aliphatic carbocycles. The molecule has 3 fully saturated rings. The normalized spacial score (nSPS) is 23.1. The van der Waals surface area contributed by atoms with E-state index in [0.29, 0.717) is 50.9 Å². The van der Waals surface area contributed by atoms with Crippen LogP contribution in [-0.2, 0) is 22.5 Å². The van der Waals surface area contributed by atoms with Crippen LogP contribution in [0.2, 0.25) is 0 Å². The standard InChI is InChI=1S/C34H39N7O3/c1-3-32(42)41-16-15-40(20-26(41)19-35-2)33-29-12-14-39(31-11-6-9-24-8-4-5-10-28(24)31)22-30(29)36-34(37-33)43-17-7-13-38-21-27-18-25(38)23-44-27/h3-6,8-11,25-27H,1,7,12-23H2/t25-,26-,27-/m0/s1. The summed E-state index contributed by atoms with van der Waals surface area (Å²) in [5.74, 6) is 0.743. The summed E-state index contributed by atoms with van der Waals surface area (Å²) in [4.78, 5) is 35.1. The van der Waals surface area contributed by atoms with E-state index in [1.54, 1.807) is 4.90 Å². The lowest BCUT2D eigenvalue weighted by Crippen LogP contribution is -2.56. The van der Waals surface area contributed by atoms with Crippen molar-refractivity contribution in [2.45, 2.75) is 44.0 Å². The average Bonchev–Trinajstić information content (AvgIpc) is 3.69. The van der Waals surface area contributed by atoms with Crippen LogP contribution in [-0.4, -0.2) is 103 Å². The molecule has 2 bridgehead atoms. The van der Waals surface area contributed by atoms with E-state index >= 15 is 0 Å². The number of likely N-dealkylation sites (tertiary alicyclic amines) is 1. The molecule has 3 saturated heterocycles. The third-order valence-electron chi connectivity index (χ3n) is 9.51. The van der Waals surface area contributed by atoms with Crippen LogP contribution in [0.1, 0.15) is 24.1 Å². The molecule has 1 aromatic heterocycles. The highest BCUT2D eigenvalue weighted by atomic mass is 16.5. The molecule has 10 nitrogen and oxygen atoms in total. The van der Waals surface area contributed by atoms with Crippen LogP contribution in [0.4, 0.5) is 11.5 Å². The lowest BCUT2D eigenvalue weighted by molar-refractivity contribution is -0.128. The number of ether oxygens (including phenoxy) is 2. The van der Waals surface area contributed by atoms with Crippen LogP contribution in [0.3, 0.4) is 0 Å². The predicted molar refractivity (Wildman–Crippen MR) is 170 cm³/mol. The molecule has 228 valence electrons. The highest BCUT2D eigenvalue weighted by Crippen LogP contribution is 2.35. The van der Waals surface area contributed by atoms with E-state index in [1.165, 1.54) is 22.5 Å². The molecular formula is C34H39N7O3. The van der Waals surface area contributed by atoms with Crippen molar-refractivity contribution in [2.24, 2.45) is 0 Å². The monoisotopic (exact) mass is 593 g/mol. The first-order valence-electron chi connectivity index (χ1n) is 15.7. The van der Waals surface area contributed by atoms with Gasteiger partial charge in [-0.15, -0.1) is 0 Å². The number of piperazine rings is 1. The molecule has 4 aliphatic rings. The van der Waals surface area contributed by atoms with Crippen molar-refractivity contribution in [3.63, 3.8) is 0 Å². The fourth-order valence-corrected chi connectivity index (χ4v) is 7.31. The molecular weight excluding hydrogens is 554 g/mol. The van der Waals surface area contributed by atoms with E-state index in [-0.39, 0.29) is 18.5 Å². The van der Waals surface area contributed by atoms with Crippen LogP contribution in [0, 0.1) is 6.57 Å². The van der Waals surface area contributed by atoms with Gasteiger partial charge in [-0.25, -0.2) is 6.57 Å². The van der Waals surface area contributed by atoms with Gasteiger partial charge in [0.15, 0.2) is 0 Å². The van der Waals surface area contributed by atoms with Gasteiger partial charge in [0, 0.05) is 61.9 Å². The Kier molecular flexibility index (Phi) is 8.07. The van der Waals surface area contributed by atoms with Gasteiger partial charge in [-0.2, -0.15) is 9.97 Å². The number of fused-ring (bicyclic) bond motifs is 4. The number of hydrogen-bond donors (Lipinski definition) is 0. The maximum Gasteiger partial charge on any atom is 0.318 e. The number of hydrogen-bond acceptors (Lipinski definition) is 8. The topological polar surface area (TPSA) is 78.6 Å². The largest absolute Gasteiger partial charge is 0.463 e. The van der Waals surface area contributed by atoms with Crippen molar-refractivity contribution in [1.82, 2.24) is 19.8 Å². The second-order valence-corrected chi connectivity index (χ2v) is 12.1. The second kappa shape index (κ2) is 12.4. The van der Waals surface area contributed by atoms with Gasteiger partial charge in [-0.1, -0.05) is 43.0 Å². The van der Waals surface area contributed by atoms with E-state index in [1.807, 2.05) is 0 Å². The Morgan fingerprint density at radius 1 is 1.11 bits per heavy atom.